The van der Waals surface area contributed by atoms with E-state index in [0.717, 1.165) is 29.5 Å². The zero-order valence-corrected chi connectivity index (χ0v) is 12.4. The Balaban J connectivity index is 1.87. The Morgan fingerprint density at radius 2 is 1.81 bits per heavy atom. The van der Waals surface area contributed by atoms with Crippen LogP contribution in [0.15, 0.2) is 36.7 Å². The molecule has 1 aromatic carbocycles. The zero-order valence-electron chi connectivity index (χ0n) is 11.6. The smallest absolute Gasteiger partial charge is 0.186 e. The summed E-state index contributed by atoms with van der Waals surface area (Å²) in [6, 6.07) is 6.61. The Labute approximate surface area is 128 Å². The minimum atomic E-state index is -0.223. The van der Waals surface area contributed by atoms with Gasteiger partial charge in [-0.15, -0.1) is 0 Å². The molecule has 1 aliphatic heterocycles. The van der Waals surface area contributed by atoms with Crippen molar-refractivity contribution in [3.05, 3.63) is 48.3 Å². The zero-order chi connectivity index (χ0) is 14.4. The van der Waals surface area contributed by atoms with Gasteiger partial charge in [0, 0.05) is 18.1 Å². The van der Waals surface area contributed by atoms with Crippen LogP contribution in [0.4, 0.5) is 10.1 Å². The maximum atomic E-state index is 13.2. The fourth-order valence-electron chi connectivity index (χ4n) is 3.72. The molecule has 3 nitrogen and oxygen atoms in total. The van der Waals surface area contributed by atoms with E-state index in [-0.39, 0.29) is 11.4 Å². The standard InChI is InChI=1S/C16H16FN3S/c17-12-4-6-13(7-5-12)20-15(21)19-11-10-18-14(19)16(20)8-2-1-3-9-16/h4-7,10-11H,1-3,8-9H2. The molecule has 0 bridgehead atoms. The first-order chi connectivity index (χ1) is 10.2. The van der Waals surface area contributed by atoms with Crippen LogP contribution in [-0.4, -0.2) is 14.7 Å². The number of hydrogen-bond acceptors (Lipinski definition) is 2. The molecule has 0 N–H and O–H groups in total. The van der Waals surface area contributed by atoms with Gasteiger partial charge in [0.25, 0.3) is 0 Å². The van der Waals surface area contributed by atoms with E-state index in [9.17, 15) is 4.39 Å². The molecule has 2 heterocycles. The topological polar surface area (TPSA) is 21.1 Å². The summed E-state index contributed by atoms with van der Waals surface area (Å²) in [4.78, 5) is 6.76. The highest BCUT2D eigenvalue weighted by molar-refractivity contribution is 7.80. The van der Waals surface area contributed by atoms with Crippen LogP contribution >= 0.6 is 12.2 Å². The fraction of sp³-hybridized carbons (Fsp3) is 0.375. The summed E-state index contributed by atoms with van der Waals surface area (Å²) >= 11 is 5.67. The van der Waals surface area contributed by atoms with Gasteiger partial charge in [-0.1, -0.05) is 19.3 Å². The molecule has 108 valence electrons. The van der Waals surface area contributed by atoms with Gasteiger partial charge >= 0.3 is 0 Å². The molecule has 1 aromatic heterocycles. The van der Waals surface area contributed by atoms with E-state index in [1.165, 1.54) is 31.4 Å². The second-order valence-electron chi connectivity index (χ2n) is 5.81. The van der Waals surface area contributed by atoms with Gasteiger partial charge in [0.1, 0.15) is 17.2 Å². The lowest BCUT2D eigenvalue weighted by Gasteiger charge is -2.41. The quantitative estimate of drug-likeness (QED) is 0.747. The number of thiocarbonyl (C=S) groups is 1. The van der Waals surface area contributed by atoms with Crippen molar-refractivity contribution in [2.75, 3.05) is 4.90 Å². The molecule has 4 rings (SSSR count). The third-order valence-corrected chi connectivity index (χ3v) is 5.03. The third kappa shape index (κ3) is 1.77. The maximum Gasteiger partial charge on any atom is 0.186 e. The van der Waals surface area contributed by atoms with Gasteiger partial charge in [0.2, 0.25) is 0 Å². The van der Waals surface area contributed by atoms with E-state index in [1.807, 2.05) is 29.1 Å². The summed E-state index contributed by atoms with van der Waals surface area (Å²) in [6.07, 6.45) is 9.44. The molecule has 21 heavy (non-hydrogen) atoms. The van der Waals surface area contributed by atoms with E-state index < -0.39 is 0 Å². The number of anilines is 1. The number of benzene rings is 1. The second kappa shape index (κ2) is 4.63. The molecule has 0 unspecified atom stereocenters. The molecule has 0 radical (unpaired) electrons. The fourth-order valence-corrected chi connectivity index (χ4v) is 4.15. The summed E-state index contributed by atoms with van der Waals surface area (Å²) in [5, 5.41) is 0.746. The van der Waals surface area contributed by atoms with E-state index in [2.05, 4.69) is 9.88 Å². The van der Waals surface area contributed by atoms with Crippen molar-refractivity contribution in [1.82, 2.24) is 9.55 Å². The molecule has 1 saturated carbocycles. The number of fused-ring (bicyclic) bond motifs is 2. The van der Waals surface area contributed by atoms with Gasteiger partial charge in [-0.3, -0.25) is 4.57 Å². The van der Waals surface area contributed by atoms with E-state index in [4.69, 9.17) is 12.2 Å². The van der Waals surface area contributed by atoms with E-state index >= 15 is 0 Å². The number of nitrogens with zero attached hydrogens (tertiary/aromatic N) is 3. The molecule has 5 heteroatoms. The Bertz CT molecular complexity index is 686. The average Bonchev–Trinajstić information content (AvgIpc) is 3.06. The maximum absolute atomic E-state index is 13.2. The lowest BCUT2D eigenvalue weighted by Crippen LogP contribution is -2.45. The van der Waals surface area contributed by atoms with Crippen LogP contribution in [0.2, 0.25) is 0 Å². The monoisotopic (exact) mass is 301 g/mol. The van der Waals surface area contributed by atoms with Crippen LogP contribution in [0.1, 0.15) is 37.9 Å². The van der Waals surface area contributed by atoms with Crippen molar-refractivity contribution in [1.29, 1.82) is 0 Å². The highest BCUT2D eigenvalue weighted by Crippen LogP contribution is 2.47. The summed E-state index contributed by atoms with van der Waals surface area (Å²) < 4.78 is 15.2. The van der Waals surface area contributed by atoms with Crippen molar-refractivity contribution in [3.63, 3.8) is 0 Å². The normalized spacial score (nSPS) is 20.0. The van der Waals surface area contributed by atoms with Crippen molar-refractivity contribution in [2.24, 2.45) is 0 Å². The van der Waals surface area contributed by atoms with Crippen LogP contribution in [0, 0.1) is 5.82 Å². The first-order valence-corrected chi connectivity index (χ1v) is 7.77. The number of hydrogen-bond donors (Lipinski definition) is 0. The van der Waals surface area contributed by atoms with E-state index in [1.54, 1.807) is 0 Å². The Hall–Kier alpha value is -1.75. The molecular formula is C16H16FN3S. The highest BCUT2D eigenvalue weighted by Gasteiger charge is 2.50. The van der Waals surface area contributed by atoms with Crippen molar-refractivity contribution in [3.8, 4) is 0 Å². The van der Waals surface area contributed by atoms with Crippen molar-refractivity contribution >= 4 is 23.0 Å². The van der Waals surface area contributed by atoms with Gasteiger partial charge in [-0.05, 0) is 49.3 Å². The predicted octanol–water partition coefficient (Wildman–Crippen LogP) is 3.83. The van der Waals surface area contributed by atoms with Gasteiger partial charge in [0.15, 0.2) is 5.11 Å². The van der Waals surface area contributed by atoms with Crippen LogP contribution in [0.3, 0.4) is 0 Å². The molecule has 1 spiro atoms. The number of halogens is 1. The van der Waals surface area contributed by atoms with Gasteiger partial charge < -0.3 is 4.90 Å². The van der Waals surface area contributed by atoms with Crippen LogP contribution < -0.4 is 4.90 Å². The Morgan fingerprint density at radius 1 is 1.10 bits per heavy atom. The van der Waals surface area contributed by atoms with Gasteiger partial charge in [-0.25, -0.2) is 9.37 Å². The molecule has 1 fully saturated rings. The number of aromatic nitrogens is 2. The second-order valence-corrected chi connectivity index (χ2v) is 6.17. The average molecular weight is 301 g/mol. The molecular weight excluding hydrogens is 285 g/mol. The lowest BCUT2D eigenvalue weighted by molar-refractivity contribution is 0.301. The van der Waals surface area contributed by atoms with Gasteiger partial charge in [0.05, 0.1) is 0 Å². The molecule has 0 saturated heterocycles. The van der Waals surface area contributed by atoms with Crippen molar-refractivity contribution < 1.29 is 4.39 Å². The first kappa shape index (κ1) is 13.0. The molecule has 1 aliphatic carbocycles. The third-order valence-electron chi connectivity index (χ3n) is 4.65. The molecule has 2 aromatic rings. The summed E-state index contributed by atoms with van der Waals surface area (Å²) in [5.74, 6) is 0.816. The Morgan fingerprint density at radius 3 is 2.52 bits per heavy atom. The molecule has 2 aliphatic rings. The minimum Gasteiger partial charge on any atom is -0.305 e. The molecule has 0 amide bonds. The van der Waals surface area contributed by atoms with Crippen LogP contribution in [0.5, 0.6) is 0 Å². The van der Waals surface area contributed by atoms with Crippen molar-refractivity contribution in [2.45, 2.75) is 37.6 Å². The summed E-state index contributed by atoms with van der Waals surface area (Å²) in [7, 11) is 0. The SMILES string of the molecule is Fc1ccc(N2C(=S)n3ccnc3C23CCCCC3)cc1. The first-order valence-electron chi connectivity index (χ1n) is 7.36. The minimum absolute atomic E-state index is 0.156. The number of rotatable bonds is 1. The lowest BCUT2D eigenvalue weighted by atomic mass is 9.80. The van der Waals surface area contributed by atoms with Crippen LogP contribution in [-0.2, 0) is 5.54 Å². The predicted molar refractivity (Wildman–Crippen MR) is 83.9 cm³/mol. The summed E-state index contributed by atoms with van der Waals surface area (Å²) in [5.41, 5.74) is 0.797. The largest absolute Gasteiger partial charge is 0.305 e. The summed E-state index contributed by atoms with van der Waals surface area (Å²) in [6.45, 7) is 0. The highest BCUT2D eigenvalue weighted by atomic mass is 32.1. The number of imidazole rings is 1. The van der Waals surface area contributed by atoms with Gasteiger partial charge in [-0.2, -0.15) is 0 Å². The van der Waals surface area contributed by atoms with E-state index in [0.29, 0.717) is 0 Å². The van der Waals surface area contributed by atoms with Crippen LogP contribution in [0.25, 0.3) is 0 Å². The molecule has 0 atom stereocenters. The Kier molecular flexibility index (Phi) is 2.85.